The summed E-state index contributed by atoms with van der Waals surface area (Å²) in [5, 5.41) is 4.83. The number of nitrogens with one attached hydrogen (secondary N) is 1. The number of pyridine rings is 1. The number of benzene rings is 2. The smallest absolute Gasteiger partial charge is 0.234 e. The minimum atomic E-state index is -0.0930. The fourth-order valence-electron chi connectivity index (χ4n) is 3.69. The highest BCUT2D eigenvalue weighted by atomic mass is 32.2. The SMILES string of the molecule is Cc1ccc(Cn2ccc3c(SCC(=O)Nc4ccc5c(c4)OCCO5)nccc32)cc1. The molecule has 5 rings (SSSR count). The van der Waals surface area contributed by atoms with Gasteiger partial charge in [0, 0.05) is 36.1 Å². The minimum Gasteiger partial charge on any atom is -0.486 e. The second-order valence-corrected chi connectivity index (χ2v) is 8.64. The molecule has 0 saturated carbocycles. The number of rotatable bonds is 6. The molecule has 6 nitrogen and oxygen atoms in total. The van der Waals surface area contributed by atoms with E-state index in [1.54, 1.807) is 12.3 Å². The quantitative estimate of drug-likeness (QED) is 0.428. The van der Waals surface area contributed by atoms with Crippen molar-refractivity contribution >= 4 is 34.3 Å². The molecule has 0 aliphatic carbocycles. The molecule has 1 amide bonds. The molecule has 1 N–H and O–H groups in total. The van der Waals surface area contributed by atoms with Gasteiger partial charge in [-0.1, -0.05) is 41.6 Å². The molecule has 2 aromatic heterocycles. The van der Waals surface area contributed by atoms with Gasteiger partial charge in [0.25, 0.3) is 0 Å². The molecule has 0 unspecified atom stereocenters. The van der Waals surface area contributed by atoms with E-state index >= 15 is 0 Å². The van der Waals surface area contributed by atoms with E-state index in [4.69, 9.17) is 9.47 Å². The van der Waals surface area contributed by atoms with Gasteiger partial charge >= 0.3 is 0 Å². The predicted octanol–water partition coefficient (Wildman–Crippen LogP) is 4.90. The lowest BCUT2D eigenvalue weighted by atomic mass is 10.1. The number of hydrogen-bond donors (Lipinski definition) is 1. The van der Waals surface area contributed by atoms with Gasteiger partial charge in [0.2, 0.25) is 5.91 Å². The van der Waals surface area contributed by atoms with Crippen molar-refractivity contribution in [2.45, 2.75) is 18.5 Å². The standard InChI is InChI=1S/C25H23N3O3S/c1-17-2-4-18(5-3-17)15-28-11-9-20-21(28)8-10-26-25(20)32-16-24(29)27-19-6-7-22-23(14-19)31-13-12-30-22/h2-11,14H,12-13,15-16H2,1H3,(H,27,29). The number of thioether (sulfide) groups is 1. The van der Waals surface area contributed by atoms with Crippen molar-refractivity contribution in [1.82, 2.24) is 9.55 Å². The van der Waals surface area contributed by atoms with E-state index < -0.39 is 0 Å². The summed E-state index contributed by atoms with van der Waals surface area (Å²) in [5.74, 6) is 1.53. The van der Waals surface area contributed by atoms with Gasteiger partial charge in [0.1, 0.15) is 18.2 Å². The van der Waals surface area contributed by atoms with Crippen LogP contribution in [-0.2, 0) is 11.3 Å². The topological polar surface area (TPSA) is 65.4 Å². The Hall–Kier alpha value is -3.45. The van der Waals surface area contributed by atoms with Gasteiger partial charge in [-0.25, -0.2) is 4.98 Å². The normalized spacial score (nSPS) is 12.7. The Morgan fingerprint density at radius 2 is 1.88 bits per heavy atom. The molecule has 32 heavy (non-hydrogen) atoms. The van der Waals surface area contributed by atoms with Crippen LogP contribution in [0.1, 0.15) is 11.1 Å². The molecule has 0 bridgehead atoms. The highest BCUT2D eigenvalue weighted by Crippen LogP contribution is 2.33. The summed E-state index contributed by atoms with van der Waals surface area (Å²) in [6, 6.07) is 18.1. The largest absolute Gasteiger partial charge is 0.486 e. The third kappa shape index (κ3) is 4.43. The predicted molar refractivity (Wildman–Crippen MR) is 127 cm³/mol. The molecule has 0 saturated heterocycles. The maximum Gasteiger partial charge on any atom is 0.234 e. The average molecular weight is 446 g/mol. The molecule has 4 aromatic rings. The lowest BCUT2D eigenvalue weighted by Gasteiger charge is -2.19. The first-order valence-corrected chi connectivity index (χ1v) is 11.5. The molecule has 0 fully saturated rings. The lowest BCUT2D eigenvalue weighted by Crippen LogP contribution is -2.17. The molecule has 1 aliphatic heterocycles. The minimum absolute atomic E-state index is 0.0930. The van der Waals surface area contributed by atoms with E-state index in [-0.39, 0.29) is 11.7 Å². The Bertz CT molecular complexity index is 1270. The number of anilines is 1. The Morgan fingerprint density at radius 3 is 2.72 bits per heavy atom. The zero-order valence-electron chi connectivity index (χ0n) is 17.7. The number of amides is 1. The first-order valence-electron chi connectivity index (χ1n) is 10.5. The molecule has 0 radical (unpaired) electrons. The average Bonchev–Trinajstić information content (AvgIpc) is 3.22. The van der Waals surface area contributed by atoms with Crippen LogP contribution in [0.3, 0.4) is 0 Å². The summed E-state index contributed by atoms with van der Waals surface area (Å²) < 4.78 is 13.3. The fourth-order valence-corrected chi connectivity index (χ4v) is 4.50. The molecule has 7 heteroatoms. The number of hydrogen-bond acceptors (Lipinski definition) is 5. The third-order valence-electron chi connectivity index (χ3n) is 5.30. The van der Waals surface area contributed by atoms with Crippen LogP contribution >= 0.6 is 11.8 Å². The van der Waals surface area contributed by atoms with Crippen molar-refractivity contribution in [2.75, 3.05) is 24.3 Å². The number of carbonyl (C=O) groups excluding carboxylic acids is 1. The third-order valence-corrected chi connectivity index (χ3v) is 6.31. The Labute approximate surface area is 190 Å². The van der Waals surface area contributed by atoms with E-state index in [0.717, 1.165) is 22.5 Å². The highest BCUT2D eigenvalue weighted by molar-refractivity contribution is 8.00. The maximum atomic E-state index is 12.5. The molecular weight excluding hydrogens is 422 g/mol. The van der Waals surface area contributed by atoms with Gasteiger partial charge in [-0.15, -0.1) is 0 Å². The van der Waals surface area contributed by atoms with Gasteiger partial charge in [-0.3, -0.25) is 4.79 Å². The van der Waals surface area contributed by atoms with Crippen LogP contribution < -0.4 is 14.8 Å². The van der Waals surface area contributed by atoms with Gasteiger partial charge in [0.15, 0.2) is 11.5 Å². The molecule has 3 heterocycles. The second-order valence-electron chi connectivity index (χ2n) is 7.67. The van der Waals surface area contributed by atoms with Gasteiger partial charge < -0.3 is 19.4 Å². The van der Waals surface area contributed by atoms with Crippen LogP contribution in [0.25, 0.3) is 10.9 Å². The first kappa shape index (κ1) is 20.5. The van der Waals surface area contributed by atoms with E-state index in [1.165, 1.54) is 22.9 Å². The van der Waals surface area contributed by atoms with E-state index in [1.807, 2.05) is 18.2 Å². The zero-order chi connectivity index (χ0) is 21.9. The number of aryl methyl sites for hydroxylation is 1. The van der Waals surface area contributed by atoms with Crippen molar-refractivity contribution < 1.29 is 14.3 Å². The number of fused-ring (bicyclic) bond motifs is 2. The van der Waals surface area contributed by atoms with Crippen LogP contribution in [0.5, 0.6) is 11.5 Å². The molecule has 2 aromatic carbocycles. The zero-order valence-corrected chi connectivity index (χ0v) is 18.5. The summed E-state index contributed by atoms with van der Waals surface area (Å²) in [6.07, 6.45) is 3.88. The highest BCUT2D eigenvalue weighted by Gasteiger charge is 2.14. The van der Waals surface area contributed by atoms with Crippen molar-refractivity contribution in [3.05, 3.63) is 78.1 Å². The monoisotopic (exact) mass is 445 g/mol. The van der Waals surface area contributed by atoms with Crippen LogP contribution in [0, 0.1) is 6.92 Å². The Balaban J connectivity index is 1.25. The summed E-state index contributed by atoms with van der Waals surface area (Å²) in [5.41, 5.74) is 4.30. The number of ether oxygens (including phenoxy) is 2. The summed E-state index contributed by atoms with van der Waals surface area (Å²) in [6.45, 7) is 3.94. The molecule has 162 valence electrons. The van der Waals surface area contributed by atoms with Crippen molar-refractivity contribution in [1.29, 1.82) is 0 Å². The van der Waals surface area contributed by atoms with E-state index in [9.17, 15) is 4.79 Å². The van der Waals surface area contributed by atoms with Crippen LogP contribution in [0.4, 0.5) is 5.69 Å². The van der Waals surface area contributed by atoms with Gasteiger partial charge in [0.05, 0.1) is 11.3 Å². The van der Waals surface area contributed by atoms with E-state index in [0.29, 0.717) is 30.4 Å². The number of aromatic nitrogens is 2. The Morgan fingerprint density at radius 1 is 1.06 bits per heavy atom. The van der Waals surface area contributed by atoms with E-state index in [2.05, 4.69) is 58.3 Å². The molecular formula is C25H23N3O3S. The van der Waals surface area contributed by atoms with Crippen molar-refractivity contribution in [2.24, 2.45) is 0 Å². The van der Waals surface area contributed by atoms with Crippen LogP contribution in [0.2, 0.25) is 0 Å². The van der Waals surface area contributed by atoms with Gasteiger partial charge in [-0.05, 0) is 36.8 Å². The van der Waals surface area contributed by atoms with Crippen LogP contribution in [0.15, 0.2) is 72.0 Å². The molecule has 0 atom stereocenters. The lowest BCUT2D eigenvalue weighted by molar-refractivity contribution is -0.113. The van der Waals surface area contributed by atoms with Gasteiger partial charge in [-0.2, -0.15) is 0 Å². The Kier molecular flexibility index (Phi) is 5.73. The second kappa shape index (κ2) is 8.96. The summed E-state index contributed by atoms with van der Waals surface area (Å²) >= 11 is 1.44. The first-order chi connectivity index (χ1) is 15.7. The number of nitrogens with zero attached hydrogens (tertiary/aromatic N) is 2. The maximum absolute atomic E-state index is 12.5. The number of carbonyl (C=O) groups is 1. The van der Waals surface area contributed by atoms with Crippen molar-refractivity contribution in [3.63, 3.8) is 0 Å². The van der Waals surface area contributed by atoms with Crippen molar-refractivity contribution in [3.8, 4) is 11.5 Å². The molecule has 1 aliphatic rings. The molecule has 0 spiro atoms. The summed E-state index contributed by atoms with van der Waals surface area (Å²) in [7, 11) is 0. The summed E-state index contributed by atoms with van der Waals surface area (Å²) in [4.78, 5) is 17.0. The fraction of sp³-hybridized carbons (Fsp3) is 0.200. The van der Waals surface area contributed by atoms with Crippen LogP contribution in [-0.4, -0.2) is 34.4 Å².